The fourth-order valence-electron chi connectivity index (χ4n) is 1.98. The first-order valence-electron chi connectivity index (χ1n) is 5.57. The average Bonchev–Trinajstić information content (AvgIpc) is 2.26. The number of methoxy groups -OCH3 is 1. The number of pyridine rings is 1. The first-order valence-corrected chi connectivity index (χ1v) is 5.94. The Labute approximate surface area is 107 Å². The molecule has 0 N–H and O–H groups in total. The first kappa shape index (κ1) is 12.2. The Morgan fingerprint density at radius 3 is 2.53 bits per heavy atom. The standard InChI is InChI=1S/C14H16ClNO/c1-14(2,3)10-8-16-13(17-4)12-9(10)6-5-7-11(12)15/h5-8H,1-4H3. The predicted molar refractivity (Wildman–Crippen MR) is 72.0 cm³/mol. The van der Waals surface area contributed by atoms with E-state index < -0.39 is 0 Å². The summed E-state index contributed by atoms with van der Waals surface area (Å²) in [4.78, 5) is 4.35. The van der Waals surface area contributed by atoms with Crippen LogP contribution in [0.1, 0.15) is 26.3 Å². The summed E-state index contributed by atoms with van der Waals surface area (Å²) in [7, 11) is 1.61. The lowest BCUT2D eigenvalue weighted by molar-refractivity contribution is 0.402. The minimum Gasteiger partial charge on any atom is -0.481 e. The second kappa shape index (κ2) is 4.19. The smallest absolute Gasteiger partial charge is 0.222 e. The van der Waals surface area contributed by atoms with Crippen LogP contribution in [0, 0.1) is 0 Å². The summed E-state index contributed by atoms with van der Waals surface area (Å²) in [5.41, 5.74) is 1.21. The van der Waals surface area contributed by atoms with Gasteiger partial charge in [0.25, 0.3) is 0 Å². The van der Waals surface area contributed by atoms with E-state index >= 15 is 0 Å². The minimum absolute atomic E-state index is 0.0300. The molecule has 0 spiro atoms. The third kappa shape index (κ3) is 2.09. The van der Waals surface area contributed by atoms with Crippen molar-refractivity contribution >= 4 is 22.4 Å². The van der Waals surface area contributed by atoms with Gasteiger partial charge in [-0.1, -0.05) is 44.5 Å². The highest BCUT2D eigenvalue weighted by Crippen LogP contribution is 2.36. The van der Waals surface area contributed by atoms with Crippen molar-refractivity contribution in [3.05, 3.63) is 35.0 Å². The second-order valence-corrected chi connectivity index (χ2v) is 5.50. The van der Waals surface area contributed by atoms with Crippen LogP contribution in [0.3, 0.4) is 0 Å². The Bertz CT molecular complexity index is 558. The van der Waals surface area contributed by atoms with Crippen LogP contribution in [-0.4, -0.2) is 12.1 Å². The van der Waals surface area contributed by atoms with Gasteiger partial charge in [-0.2, -0.15) is 0 Å². The van der Waals surface area contributed by atoms with E-state index in [0.29, 0.717) is 10.9 Å². The van der Waals surface area contributed by atoms with Crippen molar-refractivity contribution < 1.29 is 4.74 Å². The van der Waals surface area contributed by atoms with Gasteiger partial charge in [0.15, 0.2) is 0 Å². The van der Waals surface area contributed by atoms with Gasteiger partial charge in [0.1, 0.15) is 0 Å². The number of ether oxygens (including phenoxy) is 1. The van der Waals surface area contributed by atoms with Gasteiger partial charge in [0.05, 0.1) is 17.5 Å². The second-order valence-electron chi connectivity index (χ2n) is 5.09. The molecule has 0 unspecified atom stereocenters. The van der Waals surface area contributed by atoms with E-state index in [0.717, 1.165) is 10.8 Å². The van der Waals surface area contributed by atoms with Gasteiger partial charge in [-0.3, -0.25) is 0 Å². The maximum Gasteiger partial charge on any atom is 0.222 e. The van der Waals surface area contributed by atoms with Crippen molar-refractivity contribution in [2.24, 2.45) is 0 Å². The van der Waals surface area contributed by atoms with Crippen LogP contribution in [-0.2, 0) is 5.41 Å². The zero-order chi connectivity index (χ0) is 12.6. The van der Waals surface area contributed by atoms with E-state index in [1.807, 2.05) is 18.3 Å². The highest BCUT2D eigenvalue weighted by atomic mass is 35.5. The summed E-state index contributed by atoms with van der Waals surface area (Å²) in [5, 5.41) is 2.68. The molecule has 2 rings (SSSR count). The molecule has 0 aliphatic carbocycles. The van der Waals surface area contributed by atoms with Crippen molar-refractivity contribution in [2.75, 3.05) is 7.11 Å². The lowest BCUT2D eigenvalue weighted by Gasteiger charge is -2.21. The van der Waals surface area contributed by atoms with E-state index in [9.17, 15) is 0 Å². The molecular formula is C14H16ClNO. The molecule has 1 heterocycles. The van der Waals surface area contributed by atoms with Crippen LogP contribution < -0.4 is 4.74 Å². The number of nitrogens with zero attached hydrogens (tertiary/aromatic N) is 1. The highest BCUT2D eigenvalue weighted by Gasteiger charge is 2.20. The first-order chi connectivity index (χ1) is 7.95. The zero-order valence-corrected chi connectivity index (χ0v) is 11.3. The molecule has 0 bridgehead atoms. The Morgan fingerprint density at radius 1 is 1.24 bits per heavy atom. The summed E-state index contributed by atoms with van der Waals surface area (Å²) in [6.45, 7) is 6.49. The Morgan fingerprint density at radius 2 is 1.94 bits per heavy atom. The molecule has 0 atom stereocenters. The molecular weight excluding hydrogens is 234 g/mol. The topological polar surface area (TPSA) is 22.1 Å². The van der Waals surface area contributed by atoms with E-state index in [1.54, 1.807) is 7.11 Å². The van der Waals surface area contributed by atoms with Crippen molar-refractivity contribution in [1.29, 1.82) is 0 Å². The largest absolute Gasteiger partial charge is 0.481 e. The van der Waals surface area contributed by atoms with Gasteiger partial charge >= 0.3 is 0 Å². The SMILES string of the molecule is COc1ncc(C(C)(C)C)c2cccc(Cl)c12. The van der Waals surface area contributed by atoms with Crippen molar-refractivity contribution in [1.82, 2.24) is 4.98 Å². The fourth-order valence-corrected chi connectivity index (χ4v) is 2.23. The molecule has 0 aliphatic heterocycles. The molecule has 0 saturated carbocycles. The van der Waals surface area contributed by atoms with Gasteiger partial charge in [0.2, 0.25) is 5.88 Å². The van der Waals surface area contributed by atoms with Gasteiger partial charge in [-0.25, -0.2) is 4.98 Å². The lowest BCUT2D eigenvalue weighted by Crippen LogP contribution is -2.12. The monoisotopic (exact) mass is 249 g/mol. The van der Waals surface area contributed by atoms with E-state index in [-0.39, 0.29) is 5.41 Å². The van der Waals surface area contributed by atoms with E-state index in [1.165, 1.54) is 5.56 Å². The molecule has 1 aromatic carbocycles. The molecule has 0 amide bonds. The zero-order valence-electron chi connectivity index (χ0n) is 10.5. The van der Waals surface area contributed by atoms with Crippen LogP contribution in [0.4, 0.5) is 0 Å². The fraction of sp³-hybridized carbons (Fsp3) is 0.357. The minimum atomic E-state index is 0.0300. The number of rotatable bonds is 1. The lowest BCUT2D eigenvalue weighted by atomic mass is 9.85. The number of benzene rings is 1. The Balaban J connectivity index is 2.88. The quantitative estimate of drug-likeness (QED) is 0.756. The molecule has 2 aromatic rings. The summed E-state index contributed by atoms with van der Waals surface area (Å²) < 4.78 is 5.28. The molecule has 0 radical (unpaired) electrons. The third-order valence-electron chi connectivity index (χ3n) is 2.83. The Kier molecular flexibility index (Phi) is 3.00. The average molecular weight is 250 g/mol. The molecule has 17 heavy (non-hydrogen) atoms. The van der Waals surface area contributed by atoms with Gasteiger partial charge in [0, 0.05) is 6.20 Å². The van der Waals surface area contributed by atoms with Crippen LogP contribution in [0.2, 0.25) is 5.02 Å². The highest BCUT2D eigenvalue weighted by molar-refractivity contribution is 6.36. The number of hydrogen-bond acceptors (Lipinski definition) is 2. The van der Waals surface area contributed by atoms with E-state index in [2.05, 4.69) is 31.8 Å². The molecule has 0 fully saturated rings. The van der Waals surface area contributed by atoms with Gasteiger partial charge in [-0.15, -0.1) is 0 Å². The number of fused-ring (bicyclic) bond motifs is 1. The number of hydrogen-bond donors (Lipinski definition) is 0. The summed E-state index contributed by atoms with van der Waals surface area (Å²) in [6.07, 6.45) is 1.87. The van der Waals surface area contributed by atoms with Gasteiger partial charge < -0.3 is 4.74 Å². The maximum absolute atomic E-state index is 6.24. The van der Waals surface area contributed by atoms with Crippen LogP contribution in [0.15, 0.2) is 24.4 Å². The molecule has 0 aliphatic rings. The molecule has 0 saturated heterocycles. The molecule has 90 valence electrons. The van der Waals surface area contributed by atoms with Crippen molar-refractivity contribution in [3.8, 4) is 5.88 Å². The van der Waals surface area contributed by atoms with Crippen LogP contribution in [0.5, 0.6) is 5.88 Å². The van der Waals surface area contributed by atoms with Crippen molar-refractivity contribution in [3.63, 3.8) is 0 Å². The van der Waals surface area contributed by atoms with Crippen LogP contribution >= 0.6 is 11.6 Å². The van der Waals surface area contributed by atoms with Gasteiger partial charge in [-0.05, 0) is 22.4 Å². The normalized spacial score (nSPS) is 11.8. The summed E-state index contributed by atoms with van der Waals surface area (Å²) in [6, 6.07) is 5.88. The number of halogens is 1. The van der Waals surface area contributed by atoms with Crippen LogP contribution in [0.25, 0.3) is 10.8 Å². The third-order valence-corrected chi connectivity index (χ3v) is 3.14. The summed E-state index contributed by atoms with van der Waals surface area (Å²) >= 11 is 6.24. The number of aromatic nitrogens is 1. The molecule has 1 aromatic heterocycles. The predicted octanol–water partition coefficient (Wildman–Crippen LogP) is 4.19. The van der Waals surface area contributed by atoms with Crippen molar-refractivity contribution in [2.45, 2.75) is 26.2 Å². The molecule has 2 nitrogen and oxygen atoms in total. The van der Waals surface area contributed by atoms with E-state index in [4.69, 9.17) is 16.3 Å². The summed E-state index contributed by atoms with van der Waals surface area (Å²) in [5.74, 6) is 0.582. The molecule has 3 heteroatoms. The maximum atomic E-state index is 6.24. The Hall–Kier alpha value is -1.28.